The van der Waals surface area contributed by atoms with Gasteiger partial charge in [-0.25, -0.2) is 8.42 Å². The molecule has 2 heterocycles. The van der Waals surface area contributed by atoms with Crippen LogP contribution in [0.15, 0.2) is 33.7 Å². The van der Waals surface area contributed by atoms with Gasteiger partial charge in [0.1, 0.15) is 5.76 Å². The molecule has 1 aromatic heterocycles. The molecule has 1 aromatic carbocycles. The second-order valence-corrected chi connectivity index (χ2v) is 9.25. The fourth-order valence-electron chi connectivity index (χ4n) is 3.40. The van der Waals surface area contributed by atoms with Crippen molar-refractivity contribution in [1.82, 2.24) is 14.4 Å². The molecule has 0 radical (unpaired) electrons. The first-order chi connectivity index (χ1) is 13.3. The van der Waals surface area contributed by atoms with E-state index in [0.717, 1.165) is 35.4 Å². The zero-order valence-electron chi connectivity index (χ0n) is 16.6. The summed E-state index contributed by atoms with van der Waals surface area (Å²) >= 11 is 0. The van der Waals surface area contributed by atoms with E-state index in [2.05, 4.69) is 5.16 Å². The minimum atomic E-state index is -3.39. The molecule has 1 aliphatic heterocycles. The Labute approximate surface area is 166 Å². The maximum atomic E-state index is 12.6. The van der Waals surface area contributed by atoms with Crippen LogP contribution in [0, 0.1) is 13.8 Å². The molecule has 0 bridgehead atoms. The van der Waals surface area contributed by atoms with Gasteiger partial charge in [-0.1, -0.05) is 17.3 Å². The molecule has 2 aromatic rings. The normalized spacial score (nSPS) is 15.1. The third-order valence-electron chi connectivity index (χ3n) is 5.26. The van der Waals surface area contributed by atoms with Gasteiger partial charge >= 0.3 is 0 Å². The second kappa shape index (κ2) is 8.45. The second-order valence-electron chi connectivity index (χ2n) is 7.31. The van der Waals surface area contributed by atoms with Crippen LogP contribution in [0.3, 0.4) is 0 Å². The van der Waals surface area contributed by atoms with E-state index >= 15 is 0 Å². The number of aryl methyl sites for hydroxylation is 3. The molecule has 0 spiro atoms. The molecule has 152 valence electrons. The third-order valence-corrected chi connectivity index (χ3v) is 7.17. The smallest absolute Gasteiger partial charge is 0.243 e. The Morgan fingerprint density at radius 1 is 1.18 bits per heavy atom. The molecule has 0 aliphatic carbocycles. The molecule has 1 aliphatic rings. The van der Waals surface area contributed by atoms with E-state index in [9.17, 15) is 13.2 Å². The molecule has 28 heavy (non-hydrogen) atoms. The van der Waals surface area contributed by atoms with Gasteiger partial charge in [0.15, 0.2) is 0 Å². The molecule has 1 fully saturated rings. The van der Waals surface area contributed by atoms with Gasteiger partial charge in [-0.3, -0.25) is 4.79 Å². The first-order valence-electron chi connectivity index (χ1n) is 9.54. The lowest BCUT2D eigenvalue weighted by atomic mass is 10.1. The summed E-state index contributed by atoms with van der Waals surface area (Å²) in [5, 5.41) is 3.91. The van der Waals surface area contributed by atoms with Gasteiger partial charge < -0.3 is 9.42 Å². The number of benzene rings is 1. The van der Waals surface area contributed by atoms with Crippen molar-refractivity contribution >= 4 is 15.9 Å². The third kappa shape index (κ3) is 4.44. The number of nitrogens with zero attached hydrogens (tertiary/aromatic N) is 3. The topological polar surface area (TPSA) is 83.7 Å². The number of sulfonamides is 1. The molecule has 1 saturated heterocycles. The Morgan fingerprint density at radius 3 is 2.39 bits per heavy atom. The molecular weight excluding hydrogens is 378 g/mol. The van der Waals surface area contributed by atoms with Crippen molar-refractivity contribution in [2.45, 2.75) is 51.0 Å². The van der Waals surface area contributed by atoms with Gasteiger partial charge in [0, 0.05) is 32.1 Å². The average Bonchev–Trinajstić information content (AvgIpc) is 3.33. The Hall–Kier alpha value is -2.19. The van der Waals surface area contributed by atoms with E-state index in [1.807, 2.05) is 13.8 Å². The van der Waals surface area contributed by atoms with Crippen molar-refractivity contribution in [2.24, 2.45) is 0 Å². The summed E-state index contributed by atoms with van der Waals surface area (Å²) in [7, 11) is -1.63. The highest BCUT2D eigenvalue weighted by Gasteiger charge is 2.26. The summed E-state index contributed by atoms with van der Waals surface area (Å²) in [6.07, 6.45) is 2.76. The van der Waals surface area contributed by atoms with Crippen molar-refractivity contribution in [1.29, 1.82) is 0 Å². The van der Waals surface area contributed by atoms with E-state index in [1.165, 1.54) is 4.31 Å². The highest BCUT2D eigenvalue weighted by atomic mass is 32.2. The number of carbonyl (C=O) groups is 1. The molecule has 0 N–H and O–H groups in total. The zero-order chi connectivity index (χ0) is 20.3. The Morgan fingerprint density at radius 2 is 1.82 bits per heavy atom. The molecule has 0 atom stereocenters. The standard InChI is InChI=1S/C20H27N3O4S/c1-15-19(16(2)27-21-15)14-22(3)20(24)11-8-17-6-9-18(10-7-17)28(25,26)23-12-4-5-13-23/h6-7,9-10H,4-5,8,11-14H2,1-3H3. The van der Waals surface area contributed by atoms with Gasteiger partial charge in [-0.2, -0.15) is 4.31 Å². The lowest BCUT2D eigenvalue weighted by Gasteiger charge is -2.17. The maximum Gasteiger partial charge on any atom is 0.243 e. The van der Waals surface area contributed by atoms with E-state index in [-0.39, 0.29) is 5.91 Å². The highest BCUT2D eigenvalue weighted by molar-refractivity contribution is 7.89. The Balaban J connectivity index is 1.56. The zero-order valence-corrected chi connectivity index (χ0v) is 17.5. The molecule has 7 nitrogen and oxygen atoms in total. The largest absolute Gasteiger partial charge is 0.361 e. The number of hydrogen-bond acceptors (Lipinski definition) is 5. The van der Waals surface area contributed by atoms with E-state index in [1.54, 1.807) is 36.2 Å². The summed E-state index contributed by atoms with van der Waals surface area (Å²) < 4.78 is 31.8. The predicted molar refractivity (Wildman–Crippen MR) is 105 cm³/mol. The van der Waals surface area contributed by atoms with Crippen molar-refractivity contribution < 1.29 is 17.7 Å². The molecule has 0 unspecified atom stereocenters. The van der Waals surface area contributed by atoms with Crippen LogP contribution in [-0.4, -0.2) is 48.8 Å². The van der Waals surface area contributed by atoms with Crippen LogP contribution in [0.2, 0.25) is 0 Å². The SMILES string of the molecule is Cc1noc(C)c1CN(C)C(=O)CCc1ccc(S(=O)(=O)N2CCCC2)cc1. The number of hydrogen-bond donors (Lipinski definition) is 0. The quantitative estimate of drug-likeness (QED) is 0.707. The van der Waals surface area contributed by atoms with Crippen LogP contribution in [0.4, 0.5) is 0 Å². The lowest BCUT2D eigenvalue weighted by Crippen LogP contribution is -2.28. The van der Waals surface area contributed by atoms with E-state index in [4.69, 9.17) is 4.52 Å². The summed E-state index contributed by atoms with van der Waals surface area (Å²) in [4.78, 5) is 14.4. The fourth-order valence-corrected chi connectivity index (χ4v) is 4.92. The van der Waals surface area contributed by atoms with Crippen LogP contribution in [0.1, 0.15) is 41.8 Å². The Kier molecular flexibility index (Phi) is 6.20. The maximum absolute atomic E-state index is 12.6. The number of carbonyl (C=O) groups excluding carboxylic acids is 1. The van der Waals surface area contributed by atoms with Crippen LogP contribution in [-0.2, 0) is 27.8 Å². The van der Waals surface area contributed by atoms with Crippen LogP contribution < -0.4 is 0 Å². The van der Waals surface area contributed by atoms with Gasteiger partial charge in [0.25, 0.3) is 0 Å². The van der Waals surface area contributed by atoms with Gasteiger partial charge in [0.05, 0.1) is 17.1 Å². The van der Waals surface area contributed by atoms with Crippen molar-refractivity contribution in [2.75, 3.05) is 20.1 Å². The molecule has 0 saturated carbocycles. The molecular formula is C20H27N3O4S. The van der Waals surface area contributed by atoms with E-state index in [0.29, 0.717) is 37.4 Å². The lowest BCUT2D eigenvalue weighted by molar-refractivity contribution is -0.130. The summed E-state index contributed by atoms with van der Waals surface area (Å²) in [5.41, 5.74) is 2.68. The van der Waals surface area contributed by atoms with Crippen LogP contribution in [0.5, 0.6) is 0 Å². The molecule has 8 heteroatoms. The summed E-state index contributed by atoms with van der Waals surface area (Å²) in [6.45, 7) is 5.35. The Bertz CT molecular complexity index is 909. The minimum Gasteiger partial charge on any atom is -0.361 e. The number of aromatic nitrogens is 1. The van der Waals surface area contributed by atoms with Crippen LogP contribution >= 0.6 is 0 Å². The van der Waals surface area contributed by atoms with Gasteiger partial charge in [-0.15, -0.1) is 0 Å². The molecule has 1 amide bonds. The monoisotopic (exact) mass is 405 g/mol. The van der Waals surface area contributed by atoms with Crippen molar-refractivity contribution in [3.63, 3.8) is 0 Å². The van der Waals surface area contributed by atoms with Gasteiger partial charge in [-0.05, 0) is 50.8 Å². The van der Waals surface area contributed by atoms with E-state index < -0.39 is 10.0 Å². The minimum absolute atomic E-state index is 0.0220. The first kappa shape index (κ1) is 20.5. The van der Waals surface area contributed by atoms with Crippen LogP contribution in [0.25, 0.3) is 0 Å². The fraction of sp³-hybridized carbons (Fsp3) is 0.500. The van der Waals surface area contributed by atoms with Gasteiger partial charge in [0.2, 0.25) is 15.9 Å². The van der Waals surface area contributed by atoms with Crippen molar-refractivity contribution in [3.8, 4) is 0 Å². The number of amides is 1. The highest BCUT2D eigenvalue weighted by Crippen LogP contribution is 2.21. The first-order valence-corrected chi connectivity index (χ1v) is 11.0. The van der Waals surface area contributed by atoms with Crippen molar-refractivity contribution in [3.05, 3.63) is 46.8 Å². The predicted octanol–water partition coefficient (Wildman–Crippen LogP) is 2.67. The summed E-state index contributed by atoms with van der Waals surface area (Å²) in [6, 6.07) is 6.87. The average molecular weight is 406 g/mol. The summed E-state index contributed by atoms with van der Waals surface area (Å²) in [5.74, 6) is 0.751. The number of rotatable bonds is 7. The molecule has 3 rings (SSSR count).